The van der Waals surface area contributed by atoms with E-state index in [-0.39, 0.29) is 12.0 Å². The Hall–Kier alpha value is -1.65. The van der Waals surface area contributed by atoms with Gasteiger partial charge in [0.25, 0.3) is 0 Å². The summed E-state index contributed by atoms with van der Waals surface area (Å²) in [4.78, 5) is 0. The van der Waals surface area contributed by atoms with Crippen LogP contribution in [0.4, 0.5) is 0 Å². The maximum absolute atomic E-state index is 9.07. The molecule has 1 aromatic carbocycles. The number of hydrogen-bond donors (Lipinski definition) is 2. The summed E-state index contributed by atoms with van der Waals surface area (Å²) in [5, 5.41) is 17.1. The minimum absolute atomic E-state index is 0.120. The van der Waals surface area contributed by atoms with E-state index in [0.717, 1.165) is 24.5 Å². The van der Waals surface area contributed by atoms with Crippen molar-refractivity contribution in [2.24, 2.45) is 0 Å². The summed E-state index contributed by atoms with van der Waals surface area (Å²) in [6, 6.07) is 8.82. The van der Waals surface area contributed by atoms with Crippen LogP contribution >= 0.6 is 0 Å². The van der Waals surface area contributed by atoms with Gasteiger partial charge in [0.15, 0.2) is 0 Å². The molecular weight excluding hydrogens is 286 g/mol. The van der Waals surface area contributed by atoms with Crippen molar-refractivity contribution in [1.29, 1.82) is 0 Å². The number of nitrogens with one attached hydrogen (secondary N) is 1. The SMILES string of the molecule is Cc1nn(CCO)c(C)c1CNCc1ccc(C(C)(C)C)cc1. The average molecular weight is 315 g/mol. The molecular formula is C19H29N3O. The highest BCUT2D eigenvalue weighted by Gasteiger charge is 2.13. The zero-order valence-electron chi connectivity index (χ0n) is 15.0. The number of rotatable bonds is 6. The Labute approximate surface area is 139 Å². The summed E-state index contributed by atoms with van der Waals surface area (Å²) in [7, 11) is 0. The minimum Gasteiger partial charge on any atom is -0.394 e. The topological polar surface area (TPSA) is 50.1 Å². The van der Waals surface area contributed by atoms with E-state index in [1.807, 2.05) is 11.6 Å². The van der Waals surface area contributed by atoms with E-state index >= 15 is 0 Å². The maximum Gasteiger partial charge on any atom is 0.0644 e. The lowest BCUT2D eigenvalue weighted by Gasteiger charge is -2.19. The lowest BCUT2D eigenvalue weighted by molar-refractivity contribution is 0.267. The predicted molar refractivity (Wildman–Crippen MR) is 94.5 cm³/mol. The molecule has 0 saturated carbocycles. The Morgan fingerprint density at radius 2 is 1.74 bits per heavy atom. The van der Waals surface area contributed by atoms with Crippen LogP contribution in [0.2, 0.25) is 0 Å². The highest BCUT2D eigenvalue weighted by molar-refractivity contribution is 5.28. The zero-order chi connectivity index (χ0) is 17.0. The third-order valence-electron chi connectivity index (χ3n) is 4.29. The number of aromatic nitrogens is 2. The Bertz CT molecular complexity index is 636. The monoisotopic (exact) mass is 315 g/mol. The summed E-state index contributed by atoms with van der Waals surface area (Å²) >= 11 is 0. The molecule has 0 unspecified atom stereocenters. The summed E-state index contributed by atoms with van der Waals surface area (Å²) in [6.07, 6.45) is 0. The number of aryl methyl sites for hydroxylation is 1. The second-order valence-corrected chi connectivity index (χ2v) is 7.15. The Balaban J connectivity index is 1.95. The van der Waals surface area contributed by atoms with Crippen molar-refractivity contribution in [3.05, 3.63) is 52.3 Å². The summed E-state index contributed by atoms with van der Waals surface area (Å²) in [6.45, 7) is 13.1. The number of nitrogens with zero attached hydrogens (tertiary/aromatic N) is 2. The van der Waals surface area contributed by atoms with Gasteiger partial charge in [-0.05, 0) is 30.4 Å². The normalized spacial score (nSPS) is 11.9. The van der Waals surface area contributed by atoms with Crippen molar-refractivity contribution >= 4 is 0 Å². The molecule has 0 aliphatic carbocycles. The van der Waals surface area contributed by atoms with Crippen LogP contribution in [0.25, 0.3) is 0 Å². The van der Waals surface area contributed by atoms with Crippen LogP contribution in [-0.2, 0) is 25.0 Å². The molecule has 0 spiro atoms. The van der Waals surface area contributed by atoms with Gasteiger partial charge in [-0.1, -0.05) is 45.0 Å². The van der Waals surface area contributed by atoms with Crippen molar-refractivity contribution < 1.29 is 5.11 Å². The van der Waals surface area contributed by atoms with Gasteiger partial charge < -0.3 is 10.4 Å². The van der Waals surface area contributed by atoms with E-state index in [1.165, 1.54) is 16.7 Å². The van der Waals surface area contributed by atoms with E-state index in [9.17, 15) is 0 Å². The molecule has 2 N–H and O–H groups in total. The van der Waals surface area contributed by atoms with Crippen molar-refractivity contribution in [1.82, 2.24) is 15.1 Å². The van der Waals surface area contributed by atoms with Crippen LogP contribution < -0.4 is 5.32 Å². The van der Waals surface area contributed by atoms with Crippen LogP contribution in [0.15, 0.2) is 24.3 Å². The molecule has 126 valence electrons. The number of benzene rings is 1. The van der Waals surface area contributed by atoms with Gasteiger partial charge >= 0.3 is 0 Å². The van der Waals surface area contributed by atoms with Gasteiger partial charge in [0.05, 0.1) is 18.8 Å². The molecule has 1 aromatic heterocycles. The molecule has 0 radical (unpaired) electrons. The Morgan fingerprint density at radius 1 is 1.09 bits per heavy atom. The van der Waals surface area contributed by atoms with E-state index in [0.29, 0.717) is 6.54 Å². The number of hydrogen-bond acceptors (Lipinski definition) is 3. The van der Waals surface area contributed by atoms with E-state index in [2.05, 4.69) is 62.4 Å². The van der Waals surface area contributed by atoms with E-state index < -0.39 is 0 Å². The van der Waals surface area contributed by atoms with E-state index in [4.69, 9.17) is 5.11 Å². The molecule has 2 rings (SSSR count). The maximum atomic E-state index is 9.07. The van der Waals surface area contributed by atoms with Crippen molar-refractivity contribution in [3.8, 4) is 0 Å². The first kappa shape index (κ1) is 17.7. The molecule has 0 fully saturated rings. The Morgan fingerprint density at radius 3 is 2.30 bits per heavy atom. The lowest BCUT2D eigenvalue weighted by Crippen LogP contribution is -2.15. The molecule has 0 amide bonds. The first-order valence-corrected chi connectivity index (χ1v) is 8.27. The van der Waals surface area contributed by atoms with Gasteiger partial charge in [-0.2, -0.15) is 5.10 Å². The highest BCUT2D eigenvalue weighted by Crippen LogP contribution is 2.22. The number of aliphatic hydroxyl groups is 1. The van der Waals surface area contributed by atoms with Gasteiger partial charge in [0, 0.05) is 24.3 Å². The largest absolute Gasteiger partial charge is 0.394 e. The summed E-state index contributed by atoms with van der Waals surface area (Å²) < 4.78 is 1.88. The average Bonchev–Trinajstić information content (AvgIpc) is 2.75. The molecule has 4 heteroatoms. The van der Waals surface area contributed by atoms with Crippen molar-refractivity contribution in [2.45, 2.75) is 59.7 Å². The second-order valence-electron chi connectivity index (χ2n) is 7.15. The van der Waals surface area contributed by atoms with Crippen LogP contribution in [-0.4, -0.2) is 21.5 Å². The Kier molecular flexibility index (Phi) is 5.60. The van der Waals surface area contributed by atoms with Gasteiger partial charge in [-0.25, -0.2) is 0 Å². The first-order valence-electron chi connectivity index (χ1n) is 8.27. The van der Waals surface area contributed by atoms with Gasteiger partial charge in [-0.3, -0.25) is 4.68 Å². The van der Waals surface area contributed by atoms with Crippen LogP contribution in [0, 0.1) is 13.8 Å². The summed E-state index contributed by atoms with van der Waals surface area (Å²) in [5.41, 5.74) is 6.24. The molecule has 23 heavy (non-hydrogen) atoms. The molecule has 0 bridgehead atoms. The number of aliphatic hydroxyl groups excluding tert-OH is 1. The first-order chi connectivity index (χ1) is 10.8. The minimum atomic E-state index is 0.120. The lowest BCUT2D eigenvalue weighted by atomic mass is 9.87. The van der Waals surface area contributed by atoms with Gasteiger partial charge in [0.1, 0.15) is 0 Å². The fraction of sp³-hybridized carbons (Fsp3) is 0.526. The third-order valence-corrected chi connectivity index (χ3v) is 4.29. The smallest absolute Gasteiger partial charge is 0.0644 e. The summed E-state index contributed by atoms with van der Waals surface area (Å²) in [5.74, 6) is 0. The molecule has 0 aliphatic rings. The fourth-order valence-electron chi connectivity index (χ4n) is 2.76. The zero-order valence-corrected chi connectivity index (χ0v) is 15.0. The molecule has 0 aliphatic heterocycles. The predicted octanol–water partition coefficient (Wildman–Crippen LogP) is 3.08. The highest BCUT2D eigenvalue weighted by atomic mass is 16.3. The van der Waals surface area contributed by atoms with Crippen LogP contribution in [0.1, 0.15) is 48.8 Å². The standard InChI is InChI=1S/C19H29N3O/c1-14-18(15(2)22(21-14)10-11-23)13-20-12-16-6-8-17(9-7-16)19(3,4)5/h6-9,20,23H,10-13H2,1-5H3. The molecule has 0 saturated heterocycles. The van der Waals surface area contributed by atoms with Crippen LogP contribution in [0.3, 0.4) is 0 Å². The molecule has 2 aromatic rings. The van der Waals surface area contributed by atoms with Crippen LogP contribution in [0.5, 0.6) is 0 Å². The van der Waals surface area contributed by atoms with Crippen molar-refractivity contribution in [2.75, 3.05) is 6.61 Å². The van der Waals surface area contributed by atoms with Gasteiger partial charge in [0.2, 0.25) is 0 Å². The fourth-order valence-corrected chi connectivity index (χ4v) is 2.76. The molecule has 4 nitrogen and oxygen atoms in total. The quantitative estimate of drug-likeness (QED) is 0.861. The molecule has 0 atom stereocenters. The van der Waals surface area contributed by atoms with Gasteiger partial charge in [-0.15, -0.1) is 0 Å². The molecule has 1 heterocycles. The van der Waals surface area contributed by atoms with Crippen molar-refractivity contribution in [3.63, 3.8) is 0 Å². The second kappa shape index (κ2) is 7.28. The van der Waals surface area contributed by atoms with E-state index in [1.54, 1.807) is 0 Å². The third kappa shape index (κ3) is 4.43.